The molecule has 0 spiro atoms. The monoisotopic (exact) mass is 462 g/mol. The summed E-state index contributed by atoms with van der Waals surface area (Å²) in [5.41, 5.74) is 0. The van der Waals surface area contributed by atoms with E-state index >= 15 is 0 Å². The van der Waals surface area contributed by atoms with E-state index in [0.29, 0.717) is 0 Å². The van der Waals surface area contributed by atoms with Crippen LogP contribution in [0.15, 0.2) is 0 Å². The van der Waals surface area contributed by atoms with Crippen molar-refractivity contribution in [3.8, 4) is 0 Å². The van der Waals surface area contributed by atoms with Crippen LogP contribution in [0.1, 0.15) is 128 Å². The molecule has 0 aliphatic heterocycles. The van der Waals surface area contributed by atoms with Gasteiger partial charge in [0.1, 0.15) is 0 Å². The van der Waals surface area contributed by atoms with E-state index < -0.39 is 0 Å². The topological polar surface area (TPSA) is 0 Å². The molecule has 14 unspecified atom stereocenters. The highest BCUT2D eigenvalue weighted by Crippen LogP contribution is 2.88. The van der Waals surface area contributed by atoms with Crippen LogP contribution >= 0.6 is 0 Å². The molecule has 34 heavy (non-hydrogen) atoms. The third kappa shape index (κ3) is 3.08. The summed E-state index contributed by atoms with van der Waals surface area (Å²) in [6.07, 6.45) is 31.6. The summed E-state index contributed by atoms with van der Waals surface area (Å²) >= 11 is 0. The van der Waals surface area contributed by atoms with Crippen molar-refractivity contribution in [2.24, 2.45) is 82.9 Å². The minimum atomic E-state index is 1.12. The molecule has 0 aromatic heterocycles. The van der Waals surface area contributed by atoms with Crippen LogP contribution in [0.25, 0.3) is 0 Å². The van der Waals surface area contributed by atoms with Crippen LogP contribution in [0.3, 0.4) is 0 Å². The van der Waals surface area contributed by atoms with Gasteiger partial charge in [0, 0.05) is 0 Å². The minimum Gasteiger partial charge on any atom is -0.0533 e. The molecule has 8 rings (SSSR count). The van der Waals surface area contributed by atoms with Gasteiger partial charge in [0.15, 0.2) is 0 Å². The Labute approximate surface area is 211 Å². The molecule has 0 aromatic carbocycles. The van der Waals surface area contributed by atoms with Gasteiger partial charge in [-0.3, -0.25) is 0 Å². The molecule has 8 aliphatic carbocycles. The number of fused-ring (bicyclic) bond motifs is 17. The third-order valence-electron chi connectivity index (χ3n) is 14.7. The van der Waals surface area contributed by atoms with Crippen molar-refractivity contribution in [1.29, 1.82) is 0 Å². The molecule has 0 N–H and O–H groups in total. The molecule has 0 amide bonds. The minimum absolute atomic E-state index is 1.12. The molecule has 14 atom stereocenters. The van der Waals surface area contributed by atoms with Crippen LogP contribution in [0.4, 0.5) is 0 Å². The van der Waals surface area contributed by atoms with Crippen molar-refractivity contribution < 1.29 is 0 Å². The fourth-order valence-corrected chi connectivity index (χ4v) is 13.5. The zero-order chi connectivity index (χ0) is 22.2. The molecule has 0 heteroatoms. The molecule has 0 radical (unpaired) electrons. The zero-order valence-corrected chi connectivity index (χ0v) is 22.2. The quantitative estimate of drug-likeness (QED) is 0.314. The molecule has 0 aromatic rings. The fourth-order valence-electron chi connectivity index (χ4n) is 13.5. The predicted molar refractivity (Wildman–Crippen MR) is 141 cm³/mol. The standard InChI is InChI=1S/C34H54/c1-2-6-10-14-22-18-20-26-25(19-17-21(22)13-9-5-1)29-30(26)34-32-28-24-16-12-8-4-3-7-11-15-23(24)27(28)31(32)33(29)34/h21-34H,1-20H2. The van der Waals surface area contributed by atoms with Crippen molar-refractivity contribution >= 4 is 0 Å². The van der Waals surface area contributed by atoms with Gasteiger partial charge < -0.3 is 0 Å². The summed E-state index contributed by atoms with van der Waals surface area (Å²) in [6.45, 7) is 0. The summed E-state index contributed by atoms with van der Waals surface area (Å²) in [6, 6.07) is 0. The van der Waals surface area contributed by atoms with E-state index in [1.165, 1.54) is 110 Å². The second kappa shape index (κ2) is 8.79. The summed E-state index contributed by atoms with van der Waals surface area (Å²) in [7, 11) is 0. The lowest BCUT2D eigenvalue weighted by molar-refractivity contribution is -0.421. The average Bonchev–Trinajstić information content (AvgIpc) is 2.82. The maximum atomic E-state index is 1.66. The van der Waals surface area contributed by atoms with Crippen LogP contribution in [-0.4, -0.2) is 0 Å². The van der Waals surface area contributed by atoms with E-state index in [1.54, 1.807) is 89.9 Å². The van der Waals surface area contributed by atoms with Crippen LogP contribution < -0.4 is 0 Å². The molecule has 190 valence electrons. The summed E-state index contributed by atoms with van der Waals surface area (Å²) in [4.78, 5) is 0. The van der Waals surface area contributed by atoms with Gasteiger partial charge in [-0.1, -0.05) is 89.9 Å². The van der Waals surface area contributed by atoms with Crippen LogP contribution in [0.5, 0.6) is 0 Å². The first-order valence-electron chi connectivity index (χ1n) is 16.9. The molecule has 0 bridgehead atoms. The SMILES string of the molecule is C1CCCCC2CCC3C(CCC2CCC1)C1C3C2C3C4C5CCCCCCCCC5C4C3C12. The van der Waals surface area contributed by atoms with Gasteiger partial charge in [-0.2, -0.15) is 0 Å². The first kappa shape index (κ1) is 22.0. The molecule has 0 saturated heterocycles. The van der Waals surface area contributed by atoms with Crippen LogP contribution in [0, 0.1) is 82.9 Å². The highest BCUT2D eigenvalue weighted by Gasteiger charge is 2.84. The van der Waals surface area contributed by atoms with Gasteiger partial charge in [0.25, 0.3) is 0 Å². The van der Waals surface area contributed by atoms with Crippen molar-refractivity contribution in [2.75, 3.05) is 0 Å². The summed E-state index contributed by atoms with van der Waals surface area (Å²) in [5.74, 6) is 17.0. The second-order valence-electron chi connectivity index (χ2n) is 15.3. The predicted octanol–water partition coefficient (Wildman–Crippen LogP) is 9.52. The van der Waals surface area contributed by atoms with Crippen molar-refractivity contribution in [2.45, 2.75) is 128 Å². The fraction of sp³-hybridized carbons (Fsp3) is 1.00. The Kier molecular flexibility index (Phi) is 5.69. The van der Waals surface area contributed by atoms with Crippen molar-refractivity contribution in [1.82, 2.24) is 0 Å². The van der Waals surface area contributed by atoms with E-state index in [1.807, 2.05) is 0 Å². The smallest absolute Gasteiger partial charge is 0.0312 e. The molecule has 8 aliphatic rings. The Morgan fingerprint density at radius 1 is 0.206 bits per heavy atom. The average molecular weight is 463 g/mol. The lowest BCUT2D eigenvalue weighted by Crippen LogP contribution is -2.85. The van der Waals surface area contributed by atoms with E-state index in [0.717, 1.165) is 11.8 Å². The Hall–Kier alpha value is 0. The highest BCUT2D eigenvalue weighted by atomic mass is 14.9. The first-order chi connectivity index (χ1) is 16.9. The van der Waals surface area contributed by atoms with Gasteiger partial charge in [0.2, 0.25) is 0 Å². The Morgan fingerprint density at radius 3 is 0.882 bits per heavy atom. The summed E-state index contributed by atoms with van der Waals surface area (Å²) in [5, 5.41) is 0. The largest absolute Gasteiger partial charge is 0.0533 e. The molecule has 0 nitrogen and oxygen atoms in total. The first-order valence-corrected chi connectivity index (χ1v) is 16.9. The Morgan fingerprint density at radius 2 is 0.500 bits per heavy atom. The molecule has 8 saturated carbocycles. The summed E-state index contributed by atoms with van der Waals surface area (Å²) < 4.78 is 0. The molecular weight excluding hydrogens is 408 g/mol. The van der Waals surface area contributed by atoms with Crippen LogP contribution in [-0.2, 0) is 0 Å². The molecule has 8 fully saturated rings. The van der Waals surface area contributed by atoms with E-state index in [-0.39, 0.29) is 0 Å². The maximum absolute atomic E-state index is 1.66. The van der Waals surface area contributed by atoms with E-state index in [2.05, 4.69) is 0 Å². The zero-order valence-electron chi connectivity index (χ0n) is 22.2. The van der Waals surface area contributed by atoms with Crippen LogP contribution in [0.2, 0.25) is 0 Å². The number of rotatable bonds is 0. The highest BCUT2D eigenvalue weighted by molar-refractivity contribution is 5.31. The second-order valence-corrected chi connectivity index (χ2v) is 15.3. The van der Waals surface area contributed by atoms with Gasteiger partial charge in [-0.05, 0) is 121 Å². The van der Waals surface area contributed by atoms with Gasteiger partial charge in [-0.25, -0.2) is 0 Å². The van der Waals surface area contributed by atoms with Gasteiger partial charge in [0.05, 0.1) is 0 Å². The van der Waals surface area contributed by atoms with E-state index in [9.17, 15) is 0 Å². The van der Waals surface area contributed by atoms with Gasteiger partial charge in [-0.15, -0.1) is 0 Å². The van der Waals surface area contributed by atoms with Gasteiger partial charge >= 0.3 is 0 Å². The van der Waals surface area contributed by atoms with Crippen molar-refractivity contribution in [3.05, 3.63) is 0 Å². The molecule has 0 heterocycles. The normalized spacial score (nSPS) is 58.6. The molecular formula is C34H54. The van der Waals surface area contributed by atoms with E-state index in [4.69, 9.17) is 0 Å². The maximum Gasteiger partial charge on any atom is -0.0312 e. The third-order valence-corrected chi connectivity index (χ3v) is 14.7. The number of hydrogen-bond acceptors (Lipinski definition) is 0. The van der Waals surface area contributed by atoms with Crippen molar-refractivity contribution in [3.63, 3.8) is 0 Å². The number of hydrogen-bond donors (Lipinski definition) is 0. The lowest BCUT2D eigenvalue weighted by atomic mass is 9.16. The Bertz CT molecular complexity index is 648. The lowest BCUT2D eigenvalue weighted by Gasteiger charge is -2.89. The Balaban J connectivity index is 0.945.